The van der Waals surface area contributed by atoms with Crippen LogP contribution in [0.4, 0.5) is 0 Å². The highest BCUT2D eigenvalue weighted by Crippen LogP contribution is 2.05. The summed E-state index contributed by atoms with van der Waals surface area (Å²) in [5, 5.41) is 12.4. The van der Waals surface area contributed by atoms with E-state index in [1.807, 2.05) is 19.1 Å². The third-order valence-electron chi connectivity index (χ3n) is 2.12. The second-order valence-corrected chi connectivity index (χ2v) is 3.90. The quantitative estimate of drug-likeness (QED) is 0.730. The third-order valence-corrected chi connectivity index (χ3v) is 2.12. The second-order valence-electron chi connectivity index (χ2n) is 3.90. The molecule has 0 aliphatic heterocycles. The van der Waals surface area contributed by atoms with Gasteiger partial charge in [0.2, 0.25) is 0 Å². The van der Waals surface area contributed by atoms with Crippen molar-refractivity contribution < 1.29 is 9.52 Å². The molecule has 0 aliphatic carbocycles. The standard InChI is InChI=1S/C11H19NO2/c1-9(6-10(2)13)7-12-8-11-4-3-5-14-11/h3-5,9-10,12-13H,6-8H2,1-2H3. The minimum Gasteiger partial charge on any atom is -0.468 e. The molecule has 2 N–H and O–H groups in total. The molecule has 1 heterocycles. The van der Waals surface area contributed by atoms with Crippen LogP contribution in [0.1, 0.15) is 26.0 Å². The summed E-state index contributed by atoms with van der Waals surface area (Å²) in [5.74, 6) is 1.44. The Morgan fingerprint density at radius 3 is 2.86 bits per heavy atom. The van der Waals surface area contributed by atoms with Gasteiger partial charge in [-0.05, 0) is 37.9 Å². The zero-order valence-electron chi connectivity index (χ0n) is 8.86. The smallest absolute Gasteiger partial charge is 0.117 e. The molecule has 0 saturated carbocycles. The van der Waals surface area contributed by atoms with Crippen LogP contribution in [0.25, 0.3) is 0 Å². The van der Waals surface area contributed by atoms with Gasteiger partial charge in [0.25, 0.3) is 0 Å². The van der Waals surface area contributed by atoms with Crippen molar-refractivity contribution in [3.63, 3.8) is 0 Å². The molecule has 3 nitrogen and oxygen atoms in total. The first-order valence-electron chi connectivity index (χ1n) is 5.09. The Morgan fingerprint density at radius 1 is 1.50 bits per heavy atom. The lowest BCUT2D eigenvalue weighted by Gasteiger charge is -2.13. The fourth-order valence-electron chi connectivity index (χ4n) is 1.52. The lowest BCUT2D eigenvalue weighted by atomic mass is 10.1. The van der Waals surface area contributed by atoms with Crippen LogP contribution >= 0.6 is 0 Å². The van der Waals surface area contributed by atoms with E-state index < -0.39 is 0 Å². The van der Waals surface area contributed by atoms with Crippen molar-refractivity contribution in [2.24, 2.45) is 5.92 Å². The van der Waals surface area contributed by atoms with Crippen molar-refractivity contribution in [3.8, 4) is 0 Å². The van der Waals surface area contributed by atoms with E-state index in [1.165, 1.54) is 0 Å². The van der Waals surface area contributed by atoms with Crippen molar-refractivity contribution in [1.29, 1.82) is 0 Å². The Labute approximate surface area is 85.1 Å². The third kappa shape index (κ3) is 4.44. The van der Waals surface area contributed by atoms with Crippen molar-refractivity contribution in [2.75, 3.05) is 6.54 Å². The summed E-state index contributed by atoms with van der Waals surface area (Å²) in [7, 11) is 0. The van der Waals surface area contributed by atoms with Gasteiger partial charge in [-0.25, -0.2) is 0 Å². The van der Waals surface area contributed by atoms with Gasteiger partial charge in [0.05, 0.1) is 18.9 Å². The highest BCUT2D eigenvalue weighted by molar-refractivity contribution is 4.97. The van der Waals surface area contributed by atoms with Crippen molar-refractivity contribution >= 4 is 0 Å². The average molecular weight is 197 g/mol. The SMILES string of the molecule is CC(O)CC(C)CNCc1ccco1. The summed E-state index contributed by atoms with van der Waals surface area (Å²) >= 11 is 0. The Kier molecular flexibility index (Phi) is 4.70. The number of rotatable bonds is 6. The van der Waals surface area contributed by atoms with Gasteiger partial charge < -0.3 is 14.8 Å². The zero-order valence-corrected chi connectivity index (χ0v) is 8.86. The number of hydrogen-bond acceptors (Lipinski definition) is 3. The minimum absolute atomic E-state index is 0.213. The molecular weight excluding hydrogens is 178 g/mol. The average Bonchev–Trinajstić information content (AvgIpc) is 2.55. The van der Waals surface area contributed by atoms with E-state index in [-0.39, 0.29) is 6.10 Å². The number of aliphatic hydroxyl groups is 1. The van der Waals surface area contributed by atoms with E-state index in [9.17, 15) is 0 Å². The van der Waals surface area contributed by atoms with E-state index in [1.54, 1.807) is 6.26 Å². The molecule has 1 aromatic heterocycles. The highest BCUT2D eigenvalue weighted by Gasteiger charge is 2.05. The second kappa shape index (κ2) is 5.83. The van der Waals surface area contributed by atoms with E-state index in [0.29, 0.717) is 5.92 Å². The normalized spacial score (nSPS) is 15.4. The van der Waals surface area contributed by atoms with Gasteiger partial charge in [-0.2, -0.15) is 0 Å². The molecule has 80 valence electrons. The molecule has 2 unspecified atom stereocenters. The van der Waals surface area contributed by atoms with Gasteiger partial charge in [-0.3, -0.25) is 0 Å². The summed E-state index contributed by atoms with van der Waals surface area (Å²) in [4.78, 5) is 0. The predicted octanol–water partition coefficient (Wildman–Crippen LogP) is 1.78. The maximum Gasteiger partial charge on any atom is 0.117 e. The van der Waals surface area contributed by atoms with Crippen LogP contribution in [-0.4, -0.2) is 17.8 Å². The van der Waals surface area contributed by atoms with Crippen molar-refractivity contribution in [1.82, 2.24) is 5.32 Å². The first-order valence-corrected chi connectivity index (χ1v) is 5.09. The van der Waals surface area contributed by atoms with E-state index in [0.717, 1.165) is 25.3 Å². The maximum absolute atomic E-state index is 9.16. The van der Waals surface area contributed by atoms with Crippen LogP contribution in [-0.2, 0) is 6.54 Å². The Morgan fingerprint density at radius 2 is 2.29 bits per heavy atom. The van der Waals surface area contributed by atoms with Gasteiger partial charge in [-0.15, -0.1) is 0 Å². The molecule has 0 aromatic carbocycles. The van der Waals surface area contributed by atoms with Crippen LogP contribution in [0.2, 0.25) is 0 Å². The first-order chi connectivity index (χ1) is 6.68. The Balaban J connectivity index is 2.09. The van der Waals surface area contributed by atoms with Crippen LogP contribution in [0, 0.1) is 5.92 Å². The summed E-state index contributed by atoms with van der Waals surface area (Å²) in [6, 6.07) is 3.84. The Hall–Kier alpha value is -0.800. The summed E-state index contributed by atoms with van der Waals surface area (Å²) in [6.45, 7) is 5.62. The van der Waals surface area contributed by atoms with Gasteiger partial charge >= 0.3 is 0 Å². The lowest BCUT2D eigenvalue weighted by Crippen LogP contribution is -2.22. The van der Waals surface area contributed by atoms with Gasteiger partial charge in [0.1, 0.15) is 5.76 Å². The monoisotopic (exact) mass is 197 g/mol. The van der Waals surface area contributed by atoms with Gasteiger partial charge in [-0.1, -0.05) is 6.92 Å². The first kappa shape index (κ1) is 11.3. The minimum atomic E-state index is -0.213. The molecule has 0 spiro atoms. The Bertz CT molecular complexity index is 231. The molecule has 0 amide bonds. The molecule has 0 radical (unpaired) electrons. The molecule has 2 atom stereocenters. The number of nitrogens with one attached hydrogen (secondary N) is 1. The molecule has 0 saturated heterocycles. The molecule has 1 rings (SSSR count). The fourth-order valence-corrected chi connectivity index (χ4v) is 1.52. The highest BCUT2D eigenvalue weighted by atomic mass is 16.3. The van der Waals surface area contributed by atoms with Crippen molar-refractivity contribution in [2.45, 2.75) is 32.9 Å². The molecule has 14 heavy (non-hydrogen) atoms. The number of hydrogen-bond donors (Lipinski definition) is 2. The fraction of sp³-hybridized carbons (Fsp3) is 0.636. The van der Waals surface area contributed by atoms with E-state index in [2.05, 4.69) is 12.2 Å². The lowest BCUT2D eigenvalue weighted by molar-refractivity contribution is 0.163. The molecule has 1 aromatic rings. The molecule has 0 fully saturated rings. The summed E-state index contributed by atoms with van der Waals surface area (Å²) in [5.41, 5.74) is 0. The number of aliphatic hydroxyl groups excluding tert-OH is 1. The molecule has 3 heteroatoms. The van der Waals surface area contributed by atoms with E-state index in [4.69, 9.17) is 9.52 Å². The maximum atomic E-state index is 9.16. The number of furan rings is 1. The molecule has 0 aliphatic rings. The zero-order chi connectivity index (χ0) is 10.4. The van der Waals surface area contributed by atoms with Crippen LogP contribution in [0.3, 0.4) is 0 Å². The van der Waals surface area contributed by atoms with Crippen LogP contribution < -0.4 is 5.32 Å². The van der Waals surface area contributed by atoms with Gasteiger partial charge in [0.15, 0.2) is 0 Å². The van der Waals surface area contributed by atoms with Crippen LogP contribution in [0.15, 0.2) is 22.8 Å². The largest absolute Gasteiger partial charge is 0.468 e. The topological polar surface area (TPSA) is 45.4 Å². The van der Waals surface area contributed by atoms with Crippen LogP contribution in [0.5, 0.6) is 0 Å². The molecule has 0 bridgehead atoms. The van der Waals surface area contributed by atoms with E-state index >= 15 is 0 Å². The van der Waals surface area contributed by atoms with Gasteiger partial charge in [0, 0.05) is 0 Å². The summed E-state index contributed by atoms with van der Waals surface area (Å²) in [6.07, 6.45) is 2.30. The summed E-state index contributed by atoms with van der Waals surface area (Å²) < 4.78 is 5.18. The predicted molar refractivity (Wildman–Crippen MR) is 55.9 cm³/mol. The molecular formula is C11H19NO2. The van der Waals surface area contributed by atoms with Crippen molar-refractivity contribution in [3.05, 3.63) is 24.2 Å².